The van der Waals surface area contributed by atoms with Crippen LogP contribution < -0.4 is 0 Å². The Labute approximate surface area is 79.8 Å². The Hall–Kier alpha value is -1.11. The van der Waals surface area contributed by atoms with Crippen molar-refractivity contribution in [2.75, 3.05) is 0 Å². The molecule has 0 aromatic rings. The van der Waals surface area contributed by atoms with Crippen LogP contribution in [0.2, 0.25) is 0 Å². The van der Waals surface area contributed by atoms with E-state index in [2.05, 4.69) is 13.0 Å². The van der Waals surface area contributed by atoms with E-state index in [1.807, 2.05) is 32.1 Å². The van der Waals surface area contributed by atoms with Crippen LogP contribution in [0.1, 0.15) is 27.2 Å². The second-order valence-electron chi connectivity index (χ2n) is 4.02. The lowest BCUT2D eigenvalue weighted by Gasteiger charge is -2.20. The van der Waals surface area contributed by atoms with E-state index in [1.54, 1.807) is 0 Å². The van der Waals surface area contributed by atoms with E-state index in [1.165, 1.54) is 5.57 Å². The van der Waals surface area contributed by atoms with Gasteiger partial charge < -0.3 is 4.79 Å². The Morgan fingerprint density at radius 3 is 2.69 bits per heavy atom. The van der Waals surface area contributed by atoms with Gasteiger partial charge in [0.1, 0.15) is 6.29 Å². The average Bonchev–Trinajstić information content (AvgIpc) is 2.30. The van der Waals surface area contributed by atoms with Crippen molar-refractivity contribution >= 4 is 6.29 Å². The van der Waals surface area contributed by atoms with Gasteiger partial charge in [-0.05, 0) is 32.8 Å². The lowest BCUT2D eigenvalue weighted by atomic mass is 9.82. The fraction of sp³-hybridized carbons (Fsp3) is 0.417. The van der Waals surface area contributed by atoms with E-state index in [4.69, 9.17) is 0 Å². The van der Waals surface area contributed by atoms with E-state index in [0.29, 0.717) is 0 Å². The molecule has 0 atom stereocenters. The monoisotopic (exact) mass is 176 g/mol. The summed E-state index contributed by atoms with van der Waals surface area (Å²) in [6, 6.07) is 0. The second kappa shape index (κ2) is 3.73. The quantitative estimate of drug-likeness (QED) is 0.591. The van der Waals surface area contributed by atoms with Gasteiger partial charge in [0.25, 0.3) is 0 Å². The van der Waals surface area contributed by atoms with Gasteiger partial charge in [-0.2, -0.15) is 0 Å². The minimum absolute atomic E-state index is 0.355. The summed E-state index contributed by atoms with van der Waals surface area (Å²) in [5.41, 5.74) is 2.07. The first-order chi connectivity index (χ1) is 6.08. The van der Waals surface area contributed by atoms with Gasteiger partial charge in [0.2, 0.25) is 0 Å². The lowest BCUT2D eigenvalue weighted by Crippen LogP contribution is -2.16. The summed E-state index contributed by atoms with van der Waals surface area (Å²) in [5, 5.41) is 0. The molecule has 1 heteroatoms. The van der Waals surface area contributed by atoms with Crippen LogP contribution >= 0.6 is 0 Å². The van der Waals surface area contributed by atoms with Crippen molar-refractivity contribution in [2.24, 2.45) is 5.41 Å². The summed E-state index contributed by atoms with van der Waals surface area (Å²) in [5.74, 6) is 0. The molecule has 0 radical (unpaired) electrons. The SMILES string of the molecule is CC1=C(C(C)(C)C=O)C=CC=CC1. The average molecular weight is 176 g/mol. The topological polar surface area (TPSA) is 17.1 Å². The molecule has 1 nitrogen and oxygen atoms in total. The van der Waals surface area contributed by atoms with Crippen LogP contribution in [0.25, 0.3) is 0 Å². The van der Waals surface area contributed by atoms with Crippen LogP contribution in [-0.4, -0.2) is 6.29 Å². The highest BCUT2D eigenvalue weighted by atomic mass is 16.1. The van der Waals surface area contributed by atoms with Crippen molar-refractivity contribution < 1.29 is 4.79 Å². The van der Waals surface area contributed by atoms with Crippen LogP contribution in [0.3, 0.4) is 0 Å². The van der Waals surface area contributed by atoms with E-state index >= 15 is 0 Å². The normalized spacial score (nSPS) is 17.5. The second-order valence-corrected chi connectivity index (χ2v) is 4.02. The molecule has 0 unspecified atom stereocenters. The van der Waals surface area contributed by atoms with Gasteiger partial charge in [0.05, 0.1) is 0 Å². The molecular formula is C12H16O. The maximum absolute atomic E-state index is 10.9. The van der Waals surface area contributed by atoms with Crippen LogP contribution in [0.4, 0.5) is 0 Å². The van der Waals surface area contributed by atoms with Crippen LogP contribution in [0.15, 0.2) is 35.5 Å². The van der Waals surface area contributed by atoms with E-state index < -0.39 is 0 Å². The number of rotatable bonds is 2. The first-order valence-electron chi connectivity index (χ1n) is 4.57. The maximum Gasteiger partial charge on any atom is 0.129 e. The van der Waals surface area contributed by atoms with Crippen molar-refractivity contribution in [3.05, 3.63) is 35.5 Å². The molecule has 0 saturated heterocycles. The van der Waals surface area contributed by atoms with Gasteiger partial charge in [0.15, 0.2) is 0 Å². The fourth-order valence-electron chi connectivity index (χ4n) is 1.56. The van der Waals surface area contributed by atoms with Crippen molar-refractivity contribution in [3.8, 4) is 0 Å². The van der Waals surface area contributed by atoms with Gasteiger partial charge >= 0.3 is 0 Å². The van der Waals surface area contributed by atoms with E-state index in [-0.39, 0.29) is 5.41 Å². The first kappa shape index (κ1) is 9.97. The van der Waals surface area contributed by atoms with Crippen LogP contribution in [0, 0.1) is 5.41 Å². The largest absolute Gasteiger partial charge is 0.302 e. The Balaban J connectivity index is 3.08. The van der Waals surface area contributed by atoms with Crippen LogP contribution in [-0.2, 0) is 4.79 Å². The number of aldehydes is 1. The molecule has 0 aliphatic heterocycles. The van der Waals surface area contributed by atoms with Crippen LogP contribution in [0.5, 0.6) is 0 Å². The highest BCUT2D eigenvalue weighted by Gasteiger charge is 2.22. The molecule has 0 fully saturated rings. The summed E-state index contributed by atoms with van der Waals surface area (Å²) in [6.45, 7) is 5.99. The van der Waals surface area contributed by atoms with Gasteiger partial charge in [-0.3, -0.25) is 0 Å². The molecule has 0 heterocycles. The maximum atomic E-state index is 10.9. The summed E-state index contributed by atoms with van der Waals surface area (Å²) in [7, 11) is 0. The Kier molecular flexibility index (Phi) is 2.86. The van der Waals surface area contributed by atoms with Crippen molar-refractivity contribution in [1.82, 2.24) is 0 Å². The van der Waals surface area contributed by atoms with Crippen molar-refractivity contribution in [2.45, 2.75) is 27.2 Å². The number of allylic oxidation sites excluding steroid dienone is 6. The Bertz CT molecular complexity index is 290. The van der Waals surface area contributed by atoms with Gasteiger partial charge in [-0.15, -0.1) is 0 Å². The fourth-order valence-corrected chi connectivity index (χ4v) is 1.56. The standard InChI is InChI=1S/C12H16O/c1-10-7-5-4-6-8-11(10)12(2,3)9-13/h4-6,8-9H,7H2,1-3H3. The summed E-state index contributed by atoms with van der Waals surface area (Å²) < 4.78 is 0. The summed E-state index contributed by atoms with van der Waals surface area (Å²) >= 11 is 0. The molecule has 1 aliphatic rings. The highest BCUT2D eigenvalue weighted by molar-refractivity contribution is 5.66. The van der Waals surface area contributed by atoms with E-state index in [9.17, 15) is 4.79 Å². The number of hydrogen-bond acceptors (Lipinski definition) is 1. The summed E-state index contributed by atoms with van der Waals surface area (Å²) in [6.07, 6.45) is 10.1. The third-order valence-corrected chi connectivity index (χ3v) is 2.38. The minimum Gasteiger partial charge on any atom is -0.302 e. The zero-order valence-corrected chi connectivity index (χ0v) is 8.50. The zero-order valence-electron chi connectivity index (χ0n) is 8.50. The first-order valence-corrected chi connectivity index (χ1v) is 4.57. The molecule has 0 N–H and O–H groups in total. The molecule has 0 saturated carbocycles. The number of hydrogen-bond donors (Lipinski definition) is 0. The van der Waals surface area contributed by atoms with Crippen molar-refractivity contribution in [3.63, 3.8) is 0 Å². The number of carbonyl (C=O) groups excluding carboxylic acids is 1. The smallest absolute Gasteiger partial charge is 0.129 e. The lowest BCUT2D eigenvalue weighted by molar-refractivity contribution is -0.113. The third kappa shape index (κ3) is 2.18. The van der Waals surface area contributed by atoms with E-state index in [0.717, 1.165) is 18.3 Å². The molecule has 0 amide bonds. The zero-order chi connectivity index (χ0) is 9.90. The predicted molar refractivity (Wildman–Crippen MR) is 55.4 cm³/mol. The predicted octanol–water partition coefficient (Wildman–Crippen LogP) is 3.04. The molecule has 0 spiro atoms. The molecule has 70 valence electrons. The molecule has 0 aromatic carbocycles. The molecule has 1 rings (SSSR count). The molecule has 13 heavy (non-hydrogen) atoms. The Morgan fingerprint density at radius 2 is 2.08 bits per heavy atom. The number of carbonyl (C=O) groups is 1. The van der Waals surface area contributed by atoms with Gasteiger partial charge in [0, 0.05) is 5.41 Å². The molecule has 0 bridgehead atoms. The molecule has 1 aliphatic carbocycles. The molecular weight excluding hydrogens is 160 g/mol. The van der Waals surface area contributed by atoms with Gasteiger partial charge in [-0.25, -0.2) is 0 Å². The summed E-state index contributed by atoms with van der Waals surface area (Å²) in [4.78, 5) is 10.9. The highest BCUT2D eigenvalue weighted by Crippen LogP contribution is 2.30. The van der Waals surface area contributed by atoms with Gasteiger partial charge in [-0.1, -0.05) is 29.9 Å². The third-order valence-electron chi connectivity index (χ3n) is 2.38. The molecule has 0 aromatic heterocycles. The Morgan fingerprint density at radius 1 is 1.38 bits per heavy atom. The minimum atomic E-state index is -0.355. The van der Waals surface area contributed by atoms with Crippen molar-refractivity contribution in [1.29, 1.82) is 0 Å².